The molecule has 0 saturated heterocycles. The molecule has 0 saturated carbocycles. The van der Waals surface area contributed by atoms with Gasteiger partial charge in [-0.3, -0.25) is 9.59 Å². The lowest BCUT2D eigenvalue weighted by Crippen LogP contribution is -2.14. The summed E-state index contributed by atoms with van der Waals surface area (Å²) in [6.45, 7) is 1.45. The number of hydrogen-bond donors (Lipinski definition) is 2. The second kappa shape index (κ2) is 7.89. The highest BCUT2D eigenvalue weighted by molar-refractivity contribution is 6.09. The third-order valence-electron chi connectivity index (χ3n) is 4.57. The quantitative estimate of drug-likeness (QED) is 0.544. The number of carbonyl (C=O) groups is 2. The molecular weight excluding hydrogens is 378 g/mol. The highest BCUT2D eigenvalue weighted by Crippen LogP contribution is 2.28. The van der Waals surface area contributed by atoms with E-state index in [1.807, 2.05) is 24.4 Å². The zero-order valence-corrected chi connectivity index (χ0v) is 16.1. The summed E-state index contributed by atoms with van der Waals surface area (Å²) in [5, 5.41) is 15.1. The Bertz CT molecular complexity index is 1320. The molecule has 0 bridgehead atoms. The van der Waals surface area contributed by atoms with E-state index < -0.39 is 0 Å². The van der Waals surface area contributed by atoms with E-state index in [9.17, 15) is 14.9 Å². The summed E-state index contributed by atoms with van der Waals surface area (Å²) >= 11 is 0. The monoisotopic (exact) mass is 395 g/mol. The molecule has 0 fully saturated rings. The van der Waals surface area contributed by atoms with Crippen LogP contribution in [0.2, 0.25) is 0 Å². The summed E-state index contributed by atoms with van der Waals surface area (Å²) in [7, 11) is 0. The fourth-order valence-corrected chi connectivity index (χ4v) is 3.22. The molecule has 146 valence electrons. The van der Waals surface area contributed by atoms with Gasteiger partial charge in [0, 0.05) is 31.2 Å². The van der Waals surface area contributed by atoms with Crippen molar-refractivity contribution in [3.63, 3.8) is 0 Å². The van der Waals surface area contributed by atoms with Gasteiger partial charge in [0.2, 0.25) is 5.91 Å². The number of hydrogen-bond acceptors (Lipinski definition) is 4. The highest BCUT2D eigenvalue weighted by atomic mass is 16.2. The van der Waals surface area contributed by atoms with E-state index in [1.54, 1.807) is 53.2 Å². The number of carbonyl (C=O) groups excluding carboxylic acids is 2. The van der Waals surface area contributed by atoms with E-state index in [1.165, 1.54) is 6.92 Å². The smallest absolute Gasteiger partial charge is 0.259 e. The summed E-state index contributed by atoms with van der Waals surface area (Å²) in [6, 6.07) is 18.1. The van der Waals surface area contributed by atoms with Gasteiger partial charge in [0.25, 0.3) is 5.91 Å². The van der Waals surface area contributed by atoms with Crippen LogP contribution in [0.3, 0.4) is 0 Å². The summed E-state index contributed by atoms with van der Waals surface area (Å²) in [4.78, 5) is 28.4. The number of amides is 2. The maximum Gasteiger partial charge on any atom is 0.259 e. The molecule has 2 amide bonds. The second-order valence-electron chi connectivity index (χ2n) is 6.67. The lowest BCUT2D eigenvalue weighted by Gasteiger charge is -2.11. The normalized spacial score (nSPS) is 10.4. The number of imidazole rings is 1. The molecular formula is C23H17N5O2. The molecule has 2 aromatic carbocycles. The zero-order valence-electron chi connectivity index (χ0n) is 16.1. The van der Waals surface area contributed by atoms with Crippen molar-refractivity contribution in [2.24, 2.45) is 0 Å². The van der Waals surface area contributed by atoms with Crippen LogP contribution in [0, 0.1) is 11.3 Å². The molecule has 30 heavy (non-hydrogen) atoms. The van der Waals surface area contributed by atoms with Crippen LogP contribution in [-0.4, -0.2) is 21.2 Å². The predicted octanol–water partition coefficient (Wildman–Crippen LogP) is 4.08. The van der Waals surface area contributed by atoms with Crippen molar-refractivity contribution in [1.82, 2.24) is 9.38 Å². The summed E-state index contributed by atoms with van der Waals surface area (Å²) in [5.74, 6) is -0.513. The van der Waals surface area contributed by atoms with Crippen LogP contribution in [-0.2, 0) is 4.79 Å². The van der Waals surface area contributed by atoms with Gasteiger partial charge in [-0.2, -0.15) is 5.26 Å². The number of nitriles is 1. The highest BCUT2D eigenvalue weighted by Gasteiger charge is 2.14. The Morgan fingerprint density at radius 3 is 2.63 bits per heavy atom. The Morgan fingerprint density at radius 1 is 1.00 bits per heavy atom. The van der Waals surface area contributed by atoms with Crippen molar-refractivity contribution in [3.8, 4) is 17.2 Å². The lowest BCUT2D eigenvalue weighted by molar-refractivity contribution is -0.114. The second-order valence-corrected chi connectivity index (χ2v) is 6.67. The molecule has 0 aliphatic rings. The van der Waals surface area contributed by atoms with Gasteiger partial charge in [-0.1, -0.05) is 18.2 Å². The molecule has 7 heteroatoms. The summed E-state index contributed by atoms with van der Waals surface area (Å²) in [5.41, 5.74) is 4.00. The van der Waals surface area contributed by atoms with Crippen molar-refractivity contribution in [3.05, 3.63) is 84.3 Å². The Morgan fingerprint density at radius 2 is 1.83 bits per heavy atom. The van der Waals surface area contributed by atoms with Crippen molar-refractivity contribution in [2.75, 3.05) is 10.6 Å². The van der Waals surface area contributed by atoms with Crippen LogP contribution in [0.5, 0.6) is 0 Å². The third kappa shape index (κ3) is 3.75. The predicted molar refractivity (Wildman–Crippen MR) is 114 cm³/mol. The SMILES string of the molecule is CC(=O)Nc1cccc(-c2ccc(C#N)c(NC(=O)c3cccn4ccnc34)c2)c1. The van der Waals surface area contributed by atoms with Gasteiger partial charge >= 0.3 is 0 Å². The van der Waals surface area contributed by atoms with Crippen molar-refractivity contribution in [1.29, 1.82) is 5.26 Å². The van der Waals surface area contributed by atoms with Gasteiger partial charge in [-0.05, 0) is 47.5 Å². The van der Waals surface area contributed by atoms with Gasteiger partial charge in [0.1, 0.15) is 11.7 Å². The number of benzene rings is 2. The van der Waals surface area contributed by atoms with E-state index in [0.29, 0.717) is 28.1 Å². The van der Waals surface area contributed by atoms with E-state index in [0.717, 1.165) is 11.1 Å². The number of pyridine rings is 1. The minimum Gasteiger partial charge on any atom is -0.326 e. The van der Waals surface area contributed by atoms with E-state index in [-0.39, 0.29) is 11.8 Å². The van der Waals surface area contributed by atoms with Gasteiger partial charge in [-0.25, -0.2) is 4.98 Å². The maximum atomic E-state index is 12.9. The van der Waals surface area contributed by atoms with Crippen molar-refractivity contribution in [2.45, 2.75) is 6.92 Å². The van der Waals surface area contributed by atoms with Crippen LogP contribution in [0.4, 0.5) is 11.4 Å². The van der Waals surface area contributed by atoms with E-state index in [4.69, 9.17) is 0 Å². The zero-order chi connectivity index (χ0) is 21.1. The number of fused-ring (bicyclic) bond motifs is 1. The molecule has 0 unspecified atom stereocenters. The third-order valence-corrected chi connectivity index (χ3v) is 4.57. The molecule has 4 aromatic rings. The molecule has 0 aliphatic carbocycles. The molecule has 2 aromatic heterocycles. The fourth-order valence-electron chi connectivity index (χ4n) is 3.22. The standard InChI is InChI=1S/C23H17N5O2/c1-15(29)26-19-5-2-4-16(12-19)17-7-8-18(14-24)21(13-17)27-23(30)20-6-3-10-28-11-9-25-22(20)28/h2-13H,1H3,(H,26,29)(H,27,30). The van der Waals surface area contributed by atoms with Crippen molar-refractivity contribution < 1.29 is 9.59 Å². The van der Waals surface area contributed by atoms with Crippen LogP contribution in [0.1, 0.15) is 22.8 Å². The molecule has 4 rings (SSSR count). The average molecular weight is 395 g/mol. The van der Waals surface area contributed by atoms with Crippen LogP contribution < -0.4 is 10.6 Å². The average Bonchev–Trinajstić information content (AvgIpc) is 3.22. The minimum absolute atomic E-state index is 0.159. The summed E-state index contributed by atoms with van der Waals surface area (Å²) in [6.07, 6.45) is 5.19. The van der Waals surface area contributed by atoms with E-state index in [2.05, 4.69) is 21.7 Å². The van der Waals surface area contributed by atoms with Gasteiger partial charge in [-0.15, -0.1) is 0 Å². The fraction of sp³-hybridized carbons (Fsp3) is 0.0435. The van der Waals surface area contributed by atoms with E-state index >= 15 is 0 Å². The molecule has 0 aliphatic heterocycles. The van der Waals surface area contributed by atoms with Gasteiger partial charge in [0.15, 0.2) is 0 Å². The molecule has 2 N–H and O–H groups in total. The molecule has 2 heterocycles. The number of nitrogens with one attached hydrogen (secondary N) is 2. The van der Waals surface area contributed by atoms with Crippen molar-refractivity contribution >= 4 is 28.8 Å². The van der Waals surface area contributed by atoms with Gasteiger partial charge in [0.05, 0.1) is 16.8 Å². The first-order chi connectivity index (χ1) is 14.5. The molecule has 0 atom stereocenters. The molecule has 7 nitrogen and oxygen atoms in total. The maximum absolute atomic E-state index is 12.9. The first-order valence-electron chi connectivity index (χ1n) is 9.20. The Hall–Kier alpha value is -4.44. The lowest BCUT2D eigenvalue weighted by atomic mass is 10.0. The number of anilines is 2. The number of nitrogens with zero attached hydrogens (tertiary/aromatic N) is 3. The van der Waals surface area contributed by atoms with Crippen LogP contribution in [0.15, 0.2) is 73.2 Å². The Kier molecular flexibility index (Phi) is 4.97. The largest absolute Gasteiger partial charge is 0.326 e. The van der Waals surface area contributed by atoms with Crippen LogP contribution in [0.25, 0.3) is 16.8 Å². The first-order valence-corrected chi connectivity index (χ1v) is 9.20. The first kappa shape index (κ1) is 18.9. The summed E-state index contributed by atoms with van der Waals surface area (Å²) < 4.78 is 1.75. The Balaban J connectivity index is 1.69. The number of rotatable bonds is 4. The topological polar surface area (TPSA) is 99.3 Å². The molecule has 0 spiro atoms. The number of aromatic nitrogens is 2. The Labute approximate surface area is 172 Å². The molecule has 0 radical (unpaired) electrons. The minimum atomic E-state index is -0.354. The van der Waals surface area contributed by atoms with Gasteiger partial charge < -0.3 is 15.0 Å². The van der Waals surface area contributed by atoms with Crippen LogP contribution >= 0.6 is 0 Å².